The van der Waals surface area contributed by atoms with Crippen molar-refractivity contribution in [1.82, 2.24) is 9.97 Å². The van der Waals surface area contributed by atoms with E-state index in [2.05, 4.69) is 9.97 Å². The Morgan fingerprint density at radius 3 is 2.79 bits per heavy atom. The summed E-state index contributed by atoms with van der Waals surface area (Å²) in [4.78, 5) is 18.2. The second kappa shape index (κ2) is 5.67. The van der Waals surface area contributed by atoms with Crippen LogP contribution in [0.5, 0.6) is 5.75 Å². The highest BCUT2D eigenvalue weighted by Crippen LogP contribution is 2.19. The average molecular weight is 259 g/mol. The van der Waals surface area contributed by atoms with Crippen LogP contribution in [-0.2, 0) is 13.2 Å². The van der Waals surface area contributed by atoms with Crippen molar-refractivity contribution in [2.75, 3.05) is 0 Å². The third-order valence-electron chi connectivity index (χ3n) is 2.75. The van der Waals surface area contributed by atoms with Crippen LogP contribution in [0, 0.1) is 13.8 Å². The second-order valence-corrected chi connectivity index (χ2v) is 4.45. The van der Waals surface area contributed by atoms with Gasteiger partial charge >= 0.3 is 0 Å². The molecule has 0 amide bonds. The van der Waals surface area contributed by atoms with Gasteiger partial charge < -0.3 is 15.5 Å². The van der Waals surface area contributed by atoms with Crippen molar-refractivity contribution in [1.29, 1.82) is 0 Å². The lowest BCUT2D eigenvalue weighted by Crippen LogP contribution is -2.16. The van der Waals surface area contributed by atoms with Gasteiger partial charge in [0, 0.05) is 12.6 Å². The normalized spacial score (nSPS) is 10.5. The maximum Gasteiger partial charge on any atom is 0.251 e. The summed E-state index contributed by atoms with van der Waals surface area (Å²) in [6.45, 7) is 4.46. The minimum atomic E-state index is -0.213. The molecule has 0 bridgehead atoms. The number of rotatable bonds is 4. The predicted molar refractivity (Wildman–Crippen MR) is 73.0 cm³/mol. The van der Waals surface area contributed by atoms with Crippen LogP contribution in [0.15, 0.2) is 29.1 Å². The van der Waals surface area contributed by atoms with Crippen LogP contribution in [0.25, 0.3) is 0 Å². The third kappa shape index (κ3) is 3.42. The molecule has 0 aliphatic rings. The number of aromatic amines is 1. The van der Waals surface area contributed by atoms with E-state index in [4.69, 9.17) is 10.5 Å². The number of ether oxygens (including phenoxy) is 1. The van der Waals surface area contributed by atoms with Gasteiger partial charge in [0.15, 0.2) is 0 Å². The maximum absolute atomic E-state index is 11.4. The molecule has 0 aliphatic heterocycles. The monoisotopic (exact) mass is 259 g/mol. The molecular formula is C14H17N3O2. The zero-order valence-corrected chi connectivity index (χ0v) is 11.1. The van der Waals surface area contributed by atoms with Gasteiger partial charge in [0.1, 0.15) is 18.2 Å². The molecule has 1 aromatic heterocycles. The van der Waals surface area contributed by atoms with Crippen molar-refractivity contribution in [2.24, 2.45) is 5.73 Å². The van der Waals surface area contributed by atoms with E-state index in [1.54, 1.807) is 0 Å². The van der Waals surface area contributed by atoms with Gasteiger partial charge in [0.2, 0.25) is 0 Å². The van der Waals surface area contributed by atoms with Crippen molar-refractivity contribution in [3.05, 3.63) is 57.3 Å². The molecule has 1 heterocycles. The van der Waals surface area contributed by atoms with Crippen LogP contribution in [0.4, 0.5) is 0 Å². The van der Waals surface area contributed by atoms with E-state index in [9.17, 15) is 4.79 Å². The van der Waals surface area contributed by atoms with Crippen LogP contribution in [0.3, 0.4) is 0 Å². The Labute approximate surface area is 111 Å². The fourth-order valence-electron chi connectivity index (χ4n) is 1.84. The Morgan fingerprint density at radius 2 is 2.11 bits per heavy atom. The van der Waals surface area contributed by atoms with Gasteiger partial charge in [0.05, 0.1) is 5.69 Å². The summed E-state index contributed by atoms with van der Waals surface area (Å²) in [5, 5.41) is 0. The van der Waals surface area contributed by atoms with Gasteiger partial charge in [-0.3, -0.25) is 4.79 Å². The highest BCUT2D eigenvalue weighted by atomic mass is 16.5. The molecule has 5 heteroatoms. The number of aromatic nitrogens is 2. The zero-order chi connectivity index (χ0) is 13.8. The SMILES string of the molecule is Cc1ccc(OCc2nc(CN)cc(=O)[nH]2)c(C)c1. The van der Waals surface area contributed by atoms with Crippen LogP contribution < -0.4 is 16.0 Å². The Balaban J connectivity index is 2.14. The van der Waals surface area contributed by atoms with Crippen molar-refractivity contribution in [2.45, 2.75) is 27.0 Å². The van der Waals surface area contributed by atoms with Crippen molar-refractivity contribution in [3.63, 3.8) is 0 Å². The highest BCUT2D eigenvalue weighted by Gasteiger charge is 2.03. The zero-order valence-electron chi connectivity index (χ0n) is 11.1. The second-order valence-electron chi connectivity index (χ2n) is 4.45. The van der Waals surface area contributed by atoms with Gasteiger partial charge in [0.25, 0.3) is 5.56 Å². The van der Waals surface area contributed by atoms with E-state index in [0.29, 0.717) is 11.5 Å². The van der Waals surface area contributed by atoms with Gasteiger partial charge in [-0.2, -0.15) is 0 Å². The van der Waals surface area contributed by atoms with E-state index < -0.39 is 0 Å². The van der Waals surface area contributed by atoms with Gasteiger partial charge in [-0.25, -0.2) is 4.98 Å². The lowest BCUT2D eigenvalue weighted by atomic mass is 10.1. The summed E-state index contributed by atoms with van der Waals surface area (Å²) in [6, 6.07) is 7.33. The molecule has 0 aliphatic carbocycles. The number of benzene rings is 1. The van der Waals surface area contributed by atoms with E-state index in [1.807, 2.05) is 32.0 Å². The first-order valence-corrected chi connectivity index (χ1v) is 6.07. The molecule has 2 aromatic rings. The lowest BCUT2D eigenvalue weighted by molar-refractivity contribution is 0.293. The largest absolute Gasteiger partial charge is 0.485 e. The topological polar surface area (TPSA) is 81.0 Å². The molecule has 5 nitrogen and oxygen atoms in total. The van der Waals surface area contributed by atoms with Crippen molar-refractivity contribution < 1.29 is 4.74 Å². The third-order valence-corrected chi connectivity index (χ3v) is 2.75. The van der Waals surface area contributed by atoms with Crippen molar-refractivity contribution in [3.8, 4) is 5.75 Å². The molecule has 1 aromatic carbocycles. The molecule has 0 radical (unpaired) electrons. The molecule has 0 spiro atoms. The number of H-pyrrole nitrogens is 1. The fourth-order valence-corrected chi connectivity index (χ4v) is 1.84. The average Bonchev–Trinajstić information content (AvgIpc) is 2.37. The molecule has 100 valence electrons. The fraction of sp³-hybridized carbons (Fsp3) is 0.286. The number of nitrogens with one attached hydrogen (secondary N) is 1. The Kier molecular flexibility index (Phi) is 3.97. The lowest BCUT2D eigenvalue weighted by Gasteiger charge is -2.09. The molecule has 0 saturated carbocycles. The van der Waals surface area contributed by atoms with Crippen LogP contribution in [0.2, 0.25) is 0 Å². The molecule has 0 unspecified atom stereocenters. The first-order chi connectivity index (χ1) is 9.08. The summed E-state index contributed by atoms with van der Waals surface area (Å²) in [7, 11) is 0. The summed E-state index contributed by atoms with van der Waals surface area (Å²) < 4.78 is 5.66. The molecule has 0 saturated heterocycles. The van der Waals surface area contributed by atoms with E-state index in [-0.39, 0.29) is 18.7 Å². The Bertz CT molecular complexity index is 635. The van der Waals surface area contributed by atoms with Crippen LogP contribution >= 0.6 is 0 Å². The summed E-state index contributed by atoms with van der Waals surface area (Å²) in [5.74, 6) is 1.26. The van der Waals surface area contributed by atoms with E-state index >= 15 is 0 Å². The molecule has 2 rings (SSSR count). The standard InChI is InChI=1S/C14H17N3O2/c1-9-3-4-12(10(2)5-9)19-8-13-16-11(7-15)6-14(18)17-13/h3-6H,7-8,15H2,1-2H3,(H,16,17,18). The predicted octanol–water partition coefficient (Wildman–Crippen LogP) is 1.42. The summed E-state index contributed by atoms with van der Waals surface area (Å²) in [5.41, 5.74) is 8.06. The molecule has 3 N–H and O–H groups in total. The van der Waals surface area contributed by atoms with E-state index in [1.165, 1.54) is 11.6 Å². The molecule has 19 heavy (non-hydrogen) atoms. The molecule has 0 fully saturated rings. The molecule has 0 atom stereocenters. The molecular weight excluding hydrogens is 242 g/mol. The Hall–Kier alpha value is -2.14. The first-order valence-electron chi connectivity index (χ1n) is 6.07. The highest BCUT2D eigenvalue weighted by molar-refractivity contribution is 5.35. The summed E-state index contributed by atoms with van der Waals surface area (Å²) >= 11 is 0. The Morgan fingerprint density at radius 1 is 1.32 bits per heavy atom. The smallest absolute Gasteiger partial charge is 0.251 e. The number of aryl methyl sites for hydroxylation is 2. The van der Waals surface area contributed by atoms with Gasteiger partial charge in [-0.1, -0.05) is 17.7 Å². The first kappa shape index (κ1) is 13.3. The van der Waals surface area contributed by atoms with Crippen LogP contribution in [0.1, 0.15) is 22.6 Å². The van der Waals surface area contributed by atoms with Crippen LogP contribution in [-0.4, -0.2) is 9.97 Å². The quantitative estimate of drug-likeness (QED) is 0.870. The summed E-state index contributed by atoms with van der Waals surface area (Å²) in [6.07, 6.45) is 0. The minimum absolute atomic E-state index is 0.213. The number of hydrogen-bond donors (Lipinski definition) is 2. The van der Waals surface area contributed by atoms with Gasteiger partial charge in [-0.15, -0.1) is 0 Å². The van der Waals surface area contributed by atoms with Crippen molar-refractivity contribution >= 4 is 0 Å². The minimum Gasteiger partial charge on any atom is -0.485 e. The number of hydrogen-bond acceptors (Lipinski definition) is 4. The number of nitrogens with zero attached hydrogens (tertiary/aromatic N) is 1. The number of nitrogens with two attached hydrogens (primary N) is 1. The van der Waals surface area contributed by atoms with E-state index in [0.717, 1.165) is 11.3 Å². The van der Waals surface area contributed by atoms with Gasteiger partial charge in [-0.05, 0) is 25.5 Å². The maximum atomic E-state index is 11.4.